The van der Waals surface area contributed by atoms with Gasteiger partial charge in [0.05, 0.1) is 0 Å². The lowest BCUT2D eigenvalue weighted by Gasteiger charge is -2.21. The molecule has 0 N–H and O–H groups in total. The number of benzene rings is 3. The van der Waals surface area contributed by atoms with Crippen LogP contribution in [0.4, 0.5) is 20.2 Å². The van der Waals surface area contributed by atoms with E-state index in [0.29, 0.717) is 0 Å². The van der Waals surface area contributed by atoms with E-state index in [-0.39, 0.29) is 11.6 Å². The second-order valence-corrected chi connectivity index (χ2v) is 6.48. The van der Waals surface area contributed by atoms with E-state index in [2.05, 4.69) is 34.1 Å². The van der Waals surface area contributed by atoms with E-state index in [4.69, 9.17) is 0 Å². The molecule has 0 radical (unpaired) electrons. The largest absolute Gasteiger partial charge is 0.370 e. The Labute approximate surface area is 153 Å². The highest BCUT2D eigenvalue weighted by atomic mass is 19.1. The molecular weight excluding hydrogens is 330 g/mol. The Morgan fingerprint density at radius 2 is 0.846 bits per heavy atom. The van der Waals surface area contributed by atoms with Crippen molar-refractivity contribution in [2.75, 3.05) is 23.9 Å². The summed E-state index contributed by atoms with van der Waals surface area (Å²) in [6.07, 6.45) is 0. The molecule has 4 heteroatoms. The SMILES string of the molecule is CN(Cc1ccc(CN(C)c2ccc(F)cc2)cc1)c1ccc(F)cc1. The van der Waals surface area contributed by atoms with E-state index in [9.17, 15) is 8.78 Å². The van der Waals surface area contributed by atoms with Crippen molar-refractivity contribution in [2.45, 2.75) is 13.1 Å². The Morgan fingerprint density at radius 3 is 1.15 bits per heavy atom. The zero-order valence-corrected chi connectivity index (χ0v) is 15.0. The molecule has 0 heterocycles. The summed E-state index contributed by atoms with van der Waals surface area (Å²) in [7, 11) is 3.98. The molecule has 134 valence electrons. The summed E-state index contributed by atoms with van der Waals surface area (Å²) in [6, 6.07) is 21.4. The Balaban J connectivity index is 1.61. The zero-order chi connectivity index (χ0) is 18.5. The van der Waals surface area contributed by atoms with Gasteiger partial charge in [0.1, 0.15) is 11.6 Å². The van der Waals surface area contributed by atoms with Gasteiger partial charge in [0.15, 0.2) is 0 Å². The van der Waals surface area contributed by atoms with Gasteiger partial charge in [-0.25, -0.2) is 8.78 Å². The molecule has 2 nitrogen and oxygen atoms in total. The van der Waals surface area contributed by atoms with Crippen LogP contribution in [0.2, 0.25) is 0 Å². The van der Waals surface area contributed by atoms with Crippen LogP contribution < -0.4 is 9.80 Å². The number of anilines is 2. The summed E-state index contributed by atoms with van der Waals surface area (Å²) < 4.78 is 26.1. The fourth-order valence-corrected chi connectivity index (χ4v) is 2.87. The van der Waals surface area contributed by atoms with Crippen LogP contribution >= 0.6 is 0 Å². The van der Waals surface area contributed by atoms with Crippen LogP contribution in [0.1, 0.15) is 11.1 Å². The third kappa shape index (κ3) is 4.60. The van der Waals surface area contributed by atoms with Crippen molar-refractivity contribution < 1.29 is 8.78 Å². The number of rotatable bonds is 6. The van der Waals surface area contributed by atoms with Gasteiger partial charge in [-0.2, -0.15) is 0 Å². The summed E-state index contributed by atoms with van der Waals surface area (Å²) in [6.45, 7) is 1.50. The van der Waals surface area contributed by atoms with Crippen LogP contribution in [-0.4, -0.2) is 14.1 Å². The molecule has 0 aliphatic rings. The fourth-order valence-electron chi connectivity index (χ4n) is 2.87. The van der Waals surface area contributed by atoms with Crippen LogP contribution in [0.25, 0.3) is 0 Å². The molecule has 0 aromatic heterocycles. The maximum absolute atomic E-state index is 13.0. The highest BCUT2D eigenvalue weighted by molar-refractivity contribution is 5.47. The van der Waals surface area contributed by atoms with E-state index in [1.54, 1.807) is 24.3 Å². The van der Waals surface area contributed by atoms with Crippen LogP contribution in [0, 0.1) is 11.6 Å². The van der Waals surface area contributed by atoms with Crippen molar-refractivity contribution in [2.24, 2.45) is 0 Å². The minimum atomic E-state index is -0.225. The summed E-state index contributed by atoms with van der Waals surface area (Å²) in [5.74, 6) is -0.450. The Bertz CT molecular complexity index is 755. The van der Waals surface area contributed by atoms with Crippen LogP contribution in [0.15, 0.2) is 72.8 Å². The molecule has 0 fully saturated rings. The molecule has 0 saturated carbocycles. The van der Waals surface area contributed by atoms with Crippen molar-refractivity contribution in [3.63, 3.8) is 0 Å². The minimum absolute atomic E-state index is 0.225. The van der Waals surface area contributed by atoms with Gasteiger partial charge in [-0.1, -0.05) is 24.3 Å². The Hall–Kier alpha value is -2.88. The van der Waals surface area contributed by atoms with Gasteiger partial charge in [0.2, 0.25) is 0 Å². The Morgan fingerprint density at radius 1 is 0.538 bits per heavy atom. The Kier molecular flexibility index (Phi) is 5.52. The lowest BCUT2D eigenvalue weighted by Crippen LogP contribution is -2.17. The van der Waals surface area contributed by atoms with E-state index >= 15 is 0 Å². The smallest absolute Gasteiger partial charge is 0.123 e. The van der Waals surface area contributed by atoms with E-state index in [1.165, 1.54) is 35.4 Å². The van der Waals surface area contributed by atoms with Crippen LogP contribution in [0.5, 0.6) is 0 Å². The number of hydrogen-bond acceptors (Lipinski definition) is 2. The average Bonchev–Trinajstić information content (AvgIpc) is 2.64. The molecule has 0 saturated heterocycles. The second-order valence-electron chi connectivity index (χ2n) is 6.48. The molecule has 3 aromatic rings. The van der Waals surface area contributed by atoms with Crippen molar-refractivity contribution >= 4 is 11.4 Å². The van der Waals surface area contributed by atoms with Gasteiger partial charge in [0, 0.05) is 38.6 Å². The second kappa shape index (κ2) is 8.00. The lowest BCUT2D eigenvalue weighted by atomic mass is 10.1. The fraction of sp³-hybridized carbons (Fsp3) is 0.182. The highest BCUT2D eigenvalue weighted by Crippen LogP contribution is 2.18. The molecule has 3 aromatic carbocycles. The van der Waals surface area contributed by atoms with Gasteiger partial charge in [-0.3, -0.25) is 0 Å². The first kappa shape index (κ1) is 17.9. The summed E-state index contributed by atoms with van der Waals surface area (Å²) >= 11 is 0. The summed E-state index contributed by atoms with van der Waals surface area (Å²) in [5, 5.41) is 0. The first-order chi connectivity index (χ1) is 12.5. The number of halogens is 2. The molecule has 0 spiro atoms. The number of hydrogen-bond donors (Lipinski definition) is 0. The maximum atomic E-state index is 13.0. The minimum Gasteiger partial charge on any atom is -0.370 e. The van der Waals surface area contributed by atoms with E-state index < -0.39 is 0 Å². The predicted octanol–water partition coefficient (Wildman–Crippen LogP) is 5.24. The molecule has 0 aliphatic carbocycles. The monoisotopic (exact) mass is 352 g/mol. The van der Waals surface area contributed by atoms with Gasteiger partial charge < -0.3 is 9.80 Å². The number of nitrogens with zero attached hydrogens (tertiary/aromatic N) is 2. The van der Waals surface area contributed by atoms with Crippen LogP contribution in [0.3, 0.4) is 0 Å². The van der Waals surface area contributed by atoms with Crippen LogP contribution in [-0.2, 0) is 13.1 Å². The first-order valence-corrected chi connectivity index (χ1v) is 8.52. The standard InChI is InChI=1S/C22H22F2N2/c1-25(21-11-7-19(23)8-12-21)15-17-3-5-18(6-4-17)16-26(2)22-13-9-20(24)10-14-22/h3-14H,15-16H2,1-2H3. The predicted molar refractivity (Wildman–Crippen MR) is 103 cm³/mol. The van der Waals surface area contributed by atoms with Gasteiger partial charge in [-0.15, -0.1) is 0 Å². The van der Waals surface area contributed by atoms with E-state index in [0.717, 1.165) is 24.5 Å². The van der Waals surface area contributed by atoms with Crippen molar-refractivity contribution in [1.82, 2.24) is 0 Å². The molecule has 0 atom stereocenters. The summed E-state index contributed by atoms with van der Waals surface area (Å²) in [5.41, 5.74) is 4.33. The normalized spacial score (nSPS) is 10.6. The van der Waals surface area contributed by atoms with Crippen molar-refractivity contribution in [3.05, 3.63) is 95.6 Å². The molecule has 0 bridgehead atoms. The zero-order valence-electron chi connectivity index (χ0n) is 15.0. The topological polar surface area (TPSA) is 6.48 Å². The molecular formula is C22H22F2N2. The first-order valence-electron chi connectivity index (χ1n) is 8.52. The maximum Gasteiger partial charge on any atom is 0.123 e. The van der Waals surface area contributed by atoms with Gasteiger partial charge in [0.25, 0.3) is 0 Å². The summed E-state index contributed by atoms with van der Waals surface area (Å²) in [4.78, 5) is 4.16. The quantitative estimate of drug-likeness (QED) is 0.599. The van der Waals surface area contributed by atoms with E-state index in [1.807, 2.05) is 14.1 Å². The van der Waals surface area contributed by atoms with Crippen molar-refractivity contribution in [1.29, 1.82) is 0 Å². The highest BCUT2D eigenvalue weighted by Gasteiger charge is 2.05. The van der Waals surface area contributed by atoms with Gasteiger partial charge >= 0.3 is 0 Å². The molecule has 0 aliphatic heterocycles. The lowest BCUT2D eigenvalue weighted by molar-refractivity contribution is 0.627. The molecule has 0 amide bonds. The molecule has 0 unspecified atom stereocenters. The molecule has 3 rings (SSSR count). The third-order valence-electron chi connectivity index (χ3n) is 4.40. The van der Waals surface area contributed by atoms with Gasteiger partial charge in [-0.05, 0) is 59.7 Å². The third-order valence-corrected chi connectivity index (χ3v) is 4.40. The average molecular weight is 352 g/mol. The van der Waals surface area contributed by atoms with Crippen molar-refractivity contribution in [3.8, 4) is 0 Å². The molecule has 26 heavy (non-hydrogen) atoms.